The van der Waals surface area contributed by atoms with Gasteiger partial charge in [-0.15, -0.1) is 0 Å². The Labute approximate surface area is 170 Å². The number of carbonyl (C=O) groups excluding carboxylic acids is 1. The number of hydrogen-bond donors (Lipinski definition) is 1. The Hall–Kier alpha value is -2.06. The van der Waals surface area contributed by atoms with Crippen LogP contribution in [0.4, 0.5) is 10.1 Å². The molecule has 8 heteroatoms. The van der Waals surface area contributed by atoms with Crippen LogP contribution in [0.5, 0.6) is 0 Å². The van der Waals surface area contributed by atoms with Crippen molar-refractivity contribution in [1.82, 2.24) is 5.32 Å². The van der Waals surface area contributed by atoms with Crippen molar-refractivity contribution in [2.75, 3.05) is 22.9 Å². The van der Waals surface area contributed by atoms with Crippen LogP contribution in [0, 0.1) is 12.7 Å². The molecule has 0 fully saturated rings. The SMILES string of the molecule is Cc1cccc(CSCCNC(=O)C(C)N(c2ccccc2F)S(C)(=O)=O)c1. The van der Waals surface area contributed by atoms with Crippen LogP contribution < -0.4 is 9.62 Å². The first kappa shape index (κ1) is 22.2. The second-order valence-electron chi connectivity index (χ2n) is 6.52. The Kier molecular flexibility index (Phi) is 7.88. The summed E-state index contributed by atoms with van der Waals surface area (Å²) in [5.74, 6) is 0.356. The monoisotopic (exact) mass is 424 g/mol. The normalized spacial score (nSPS) is 12.4. The first-order valence-corrected chi connectivity index (χ1v) is 11.9. The van der Waals surface area contributed by atoms with Crippen molar-refractivity contribution < 1.29 is 17.6 Å². The summed E-state index contributed by atoms with van der Waals surface area (Å²) in [6, 6.07) is 12.7. The minimum Gasteiger partial charge on any atom is -0.353 e. The molecule has 5 nitrogen and oxygen atoms in total. The molecule has 0 radical (unpaired) electrons. The highest BCUT2D eigenvalue weighted by Crippen LogP contribution is 2.24. The molecule has 1 amide bonds. The van der Waals surface area contributed by atoms with Crippen molar-refractivity contribution in [3.63, 3.8) is 0 Å². The smallest absolute Gasteiger partial charge is 0.243 e. The lowest BCUT2D eigenvalue weighted by Crippen LogP contribution is -2.48. The number of amides is 1. The molecule has 1 unspecified atom stereocenters. The Morgan fingerprint density at radius 3 is 2.57 bits per heavy atom. The van der Waals surface area contributed by atoms with Crippen molar-refractivity contribution in [2.24, 2.45) is 0 Å². The van der Waals surface area contributed by atoms with E-state index in [9.17, 15) is 17.6 Å². The summed E-state index contributed by atoms with van der Waals surface area (Å²) in [7, 11) is -3.83. The highest BCUT2D eigenvalue weighted by atomic mass is 32.2. The first-order valence-electron chi connectivity index (χ1n) is 8.85. The number of anilines is 1. The fourth-order valence-corrected chi connectivity index (χ4v) is 4.78. The van der Waals surface area contributed by atoms with E-state index in [0.29, 0.717) is 12.3 Å². The molecule has 0 saturated carbocycles. The van der Waals surface area contributed by atoms with Gasteiger partial charge in [-0.05, 0) is 31.5 Å². The lowest BCUT2D eigenvalue weighted by molar-refractivity contribution is -0.121. The van der Waals surface area contributed by atoms with Gasteiger partial charge in [0.1, 0.15) is 11.9 Å². The van der Waals surface area contributed by atoms with E-state index in [1.54, 1.807) is 11.8 Å². The van der Waals surface area contributed by atoms with Gasteiger partial charge in [0.05, 0.1) is 11.9 Å². The average Bonchev–Trinajstić information content (AvgIpc) is 2.62. The van der Waals surface area contributed by atoms with E-state index >= 15 is 0 Å². The van der Waals surface area contributed by atoms with Crippen LogP contribution in [0.1, 0.15) is 18.1 Å². The molecule has 152 valence electrons. The summed E-state index contributed by atoms with van der Waals surface area (Å²) in [6.07, 6.45) is 0.959. The van der Waals surface area contributed by atoms with Crippen LogP contribution in [-0.2, 0) is 20.6 Å². The topological polar surface area (TPSA) is 66.5 Å². The average molecular weight is 425 g/mol. The van der Waals surface area contributed by atoms with Gasteiger partial charge in [-0.2, -0.15) is 11.8 Å². The van der Waals surface area contributed by atoms with E-state index in [1.165, 1.54) is 42.3 Å². The van der Waals surface area contributed by atoms with Gasteiger partial charge in [-0.3, -0.25) is 9.10 Å². The molecule has 0 spiro atoms. The number of rotatable bonds is 9. The van der Waals surface area contributed by atoms with Gasteiger partial charge in [-0.1, -0.05) is 42.0 Å². The Balaban J connectivity index is 1.92. The van der Waals surface area contributed by atoms with Gasteiger partial charge in [0.2, 0.25) is 15.9 Å². The second-order valence-corrected chi connectivity index (χ2v) is 9.48. The largest absolute Gasteiger partial charge is 0.353 e. The quantitative estimate of drug-likeness (QED) is 0.627. The van der Waals surface area contributed by atoms with Gasteiger partial charge in [0, 0.05) is 18.1 Å². The number of sulfonamides is 1. The number of halogens is 1. The van der Waals surface area contributed by atoms with Gasteiger partial charge in [0.15, 0.2) is 0 Å². The predicted octanol–water partition coefficient (Wildman–Crippen LogP) is 3.34. The third-order valence-electron chi connectivity index (χ3n) is 4.08. The lowest BCUT2D eigenvalue weighted by Gasteiger charge is -2.28. The van der Waals surface area contributed by atoms with E-state index < -0.39 is 27.8 Å². The molecular formula is C20H25FN2O3S2. The standard InChI is InChI=1S/C20H25FN2O3S2/c1-15-7-6-8-17(13-15)14-27-12-11-22-20(24)16(2)23(28(3,25)26)19-10-5-4-9-18(19)21/h4-10,13,16H,11-12,14H2,1-3H3,(H,22,24). The van der Waals surface area contributed by atoms with Crippen LogP contribution in [0.3, 0.4) is 0 Å². The fourth-order valence-electron chi connectivity index (χ4n) is 2.80. The zero-order valence-corrected chi connectivity index (χ0v) is 17.8. The maximum Gasteiger partial charge on any atom is 0.243 e. The summed E-state index contributed by atoms with van der Waals surface area (Å²) in [5, 5.41) is 2.73. The number of hydrogen-bond acceptors (Lipinski definition) is 4. The van der Waals surface area contributed by atoms with E-state index in [2.05, 4.69) is 17.4 Å². The first-order chi connectivity index (χ1) is 13.2. The third-order valence-corrected chi connectivity index (χ3v) is 6.33. The number of carbonyl (C=O) groups is 1. The molecule has 0 aliphatic carbocycles. The molecule has 0 saturated heterocycles. The fraction of sp³-hybridized carbons (Fsp3) is 0.350. The maximum atomic E-state index is 14.1. The predicted molar refractivity (Wildman–Crippen MR) is 114 cm³/mol. The number of nitrogens with one attached hydrogen (secondary N) is 1. The van der Waals surface area contributed by atoms with E-state index in [-0.39, 0.29) is 5.69 Å². The molecule has 2 aromatic carbocycles. The van der Waals surface area contributed by atoms with Gasteiger partial charge in [0.25, 0.3) is 0 Å². The Morgan fingerprint density at radius 1 is 1.21 bits per heavy atom. The molecule has 0 heterocycles. The molecule has 0 aliphatic rings. The zero-order valence-electron chi connectivity index (χ0n) is 16.2. The van der Waals surface area contributed by atoms with Crippen LogP contribution >= 0.6 is 11.8 Å². The zero-order chi connectivity index (χ0) is 20.7. The van der Waals surface area contributed by atoms with Gasteiger partial charge >= 0.3 is 0 Å². The van der Waals surface area contributed by atoms with Crippen molar-refractivity contribution >= 4 is 33.4 Å². The van der Waals surface area contributed by atoms with Gasteiger partial charge < -0.3 is 5.32 Å². The lowest BCUT2D eigenvalue weighted by atomic mass is 10.2. The Morgan fingerprint density at radius 2 is 1.93 bits per heavy atom. The minimum absolute atomic E-state index is 0.138. The molecule has 2 aromatic rings. The second kappa shape index (κ2) is 9.93. The van der Waals surface area contributed by atoms with Gasteiger partial charge in [-0.25, -0.2) is 12.8 Å². The van der Waals surface area contributed by atoms with Crippen molar-refractivity contribution in [3.8, 4) is 0 Å². The van der Waals surface area contributed by atoms with Crippen molar-refractivity contribution in [1.29, 1.82) is 0 Å². The molecule has 0 aromatic heterocycles. The summed E-state index contributed by atoms with van der Waals surface area (Å²) >= 11 is 1.67. The Bertz CT molecular complexity index is 919. The summed E-state index contributed by atoms with van der Waals surface area (Å²) in [5.41, 5.74) is 2.28. The summed E-state index contributed by atoms with van der Waals surface area (Å²) in [4.78, 5) is 12.4. The molecule has 2 rings (SSSR count). The number of para-hydroxylation sites is 1. The van der Waals surface area contributed by atoms with E-state index in [4.69, 9.17) is 0 Å². The maximum absolute atomic E-state index is 14.1. The number of nitrogens with zero attached hydrogens (tertiary/aromatic N) is 1. The number of thioether (sulfide) groups is 1. The van der Waals surface area contributed by atoms with Crippen molar-refractivity contribution in [2.45, 2.75) is 25.6 Å². The molecule has 28 heavy (non-hydrogen) atoms. The molecule has 0 aliphatic heterocycles. The van der Waals surface area contributed by atoms with E-state index in [0.717, 1.165) is 16.3 Å². The van der Waals surface area contributed by atoms with Crippen molar-refractivity contribution in [3.05, 3.63) is 65.5 Å². The summed E-state index contributed by atoms with van der Waals surface area (Å²) in [6.45, 7) is 3.89. The minimum atomic E-state index is -3.83. The van der Waals surface area contributed by atoms with Crippen LogP contribution in [0.2, 0.25) is 0 Å². The number of benzene rings is 2. The van der Waals surface area contributed by atoms with E-state index in [1.807, 2.05) is 19.1 Å². The highest BCUT2D eigenvalue weighted by molar-refractivity contribution is 7.98. The molecule has 0 bridgehead atoms. The van der Waals surface area contributed by atoms with Crippen LogP contribution in [0.25, 0.3) is 0 Å². The third kappa shape index (κ3) is 6.24. The number of aryl methyl sites for hydroxylation is 1. The van der Waals surface area contributed by atoms with Crippen LogP contribution in [0.15, 0.2) is 48.5 Å². The molecular weight excluding hydrogens is 399 g/mol. The molecule has 1 N–H and O–H groups in total. The molecule has 1 atom stereocenters. The van der Waals surface area contributed by atoms with Crippen LogP contribution in [-0.4, -0.2) is 38.9 Å². The summed E-state index contributed by atoms with van der Waals surface area (Å²) < 4.78 is 39.2. The highest BCUT2D eigenvalue weighted by Gasteiger charge is 2.30.